The van der Waals surface area contributed by atoms with Crippen molar-refractivity contribution in [1.29, 1.82) is 0 Å². The number of hydrogen-bond donors (Lipinski definition) is 0. The Morgan fingerprint density at radius 1 is 1.25 bits per heavy atom. The van der Waals surface area contributed by atoms with E-state index in [4.69, 9.17) is 0 Å². The van der Waals surface area contributed by atoms with Gasteiger partial charge in [0.15, 0.2) is 0 Å². The molecule has 2 rings (SSSR count). The van der Waals surface area contributed by atoms with Crippen LogP contribution in [0.15, 0.2) is 29.4 Å². The number of nitrogens with zero attached hydrogens (tertiary/aromatic N) is 3. The van der Waals surface area contributed by atoms with Gasteiger partial charge in [0.2, 0.25) is 0 Å². The lowest BCUT2D eigenvalue weighted by atomic mass is 10.1. The fourth-order valence-electron chi connectivity index (χ4n) is 2.13. The van der Waals surface area contributed by atoms with E-state index in [2.05, 4.69) is 4.98 Å². The average Bonchev–Trinajstić information content (AvgIpc) is 2.75. The van der Waals surface area contributed by atoms with Crippen molar-refractivity contribution < 1.29 is 13.3 Å². The van der Waals surface area contributed by atoms with E-state index < -0.39 is 14.9 Å². The second kappa shape index (κ2) is 4.71. The normalized spacial score (nSPS) is 11.6. The quantitative estimate of drug-likeness (QED) is 0.637. The zero-order valence-corrected chi connectivity index (χ0v) is 12.0. The minimum atomic E-state index is -3.89. The van der Waals surface area contributed by atoms with Crippen LogP contribution in [0.5, 0.6) is 0 Å². The zero-order chi connectivity index (χ0) is 15.1. The van der Waals surface area contributed by atoms with Crippen LogP contribution in [0, 0.1) is 30.9 Å². The first-order valence-electron chi connectivity index (χ1n) is 5.77. The molecule has 0 radical (unpaired) electrons. The van der Waals surface area contributed by atoms with Crippen LogP contribution in [0.3, 0.4) is 0 Å². The van der Waals surface area contributed by atoms with Crippen LogP contribution in [-0.2, 0) is 10.0 Å². The third kappa shape index (κ3) is 2.07. The van der Waals surface area contributed by atoms with Crippen LogP contribution in [-0.4, -0.2) is 22.3 Å². The standard InChI is InChI=1S/C12H13N3O4S/c1-8-4-5-11(15(16)17)9(2)12(8)20(18,19)14-7-6-13-10(14)3/h4-7H,1-3H3. The maximum absolute atomic E-state index is 12.6. The Kier molecular flexibility index (Phi) is 3.34. The molecule has 20 heavy (non-hydrogen) atoms. The van der Waals surface area contributed by atoms with Crippen LogP contribution in [0.2, 0.25) is 0 Å². The fraction of sp³-hybridized carbons (Fsp3) is 0.250. The maximum Gasteiger partial charge on any atom is 0.273 e. The molecule has 0 atom stereocenters. The summed E-state index contributed by atoms with van der Waals surface area (Å²) >= 11 is 0. The lowest BCUT2D eigenvalue weighted by Crippen LogP contribution is -2.17. The molecule has 7 nitrogen and oxygen atoms in total. The molecule has 0 bridgehead atoms. The highest BCUT2D eigenvalue weighted by molar-refractivity contribution is 7.90. The largest absolute Gasteiger partial charge is 0.273 e. The van der Waals surface area contributed by atoms with Crippen molar-refractivity contribution in [3.63, 3.8) is 0 Å². The lowest BCUT2D eigenvalue weighted by molar-refractivity contribution is -0.385. The number of benzene rings is 1. The van der Waals surface area contributed by atoms with Gasteiger partial charge in [-0.2, -0.15) is 0 Å². The third-order valence-corrected chi connectivity index (χ3v) is 5.12. The van der Waals surface area contributed by atoms with Crippen molar-refractivity contribution in [1.82, 2.24) is 8.96 Å². The number of aryl methyl sites for hydroxylation is 2. The van der Waals surface area contributed by atoms with E-state index in [9.17, 15) is 18.5 Å². The highest BCUT2D eigenvalue weighted by atomic mass is 32.2. The summed E-state index contributed by atoms with van der Waals surface area (Å²) in [6.45, 7) is 4.60. The number of nitro benzene ring substituents is 1. The summed E-state index contributed by atoms with van der Waals surface area (Å²) in [6.07, 6.45) is 2.69. The Balaban J connectivity index is 2.79. The molecule has 0 saturated heterocycles. The van der Waals surface area contributed by atoms with Crippen LogP contribution in [0.25, 0.3) is 0 Å². The average molecular weight is 295 g/mol. The van der Waals surface area contributed by atoms with Crippen LogP contribution in [0.1, 0.15) is 17.0 Å². The van der Waals surface area contributed by atoms with E-state index in [-0.39, 0.29) is 16.1 Å². The first kappa shape index (κ1) is 14.2. The van der Waals surface area contributed by atoms with Crippen molar-refractivity contribution >= 4 is 15.7 Å². The van der Waals surface area contributed by atoms with Gasteiger partial charge in [-0.05, 0) is 26.3 Å². The third-order valence-electron chi connectivity index (χ3n) is 3.07. The van der Waals surface area contributed by atoms with Gasteiger partial charge in [-0.3, -0.25) is 10.1 Å². The summed E-state index contributed by atoms with van der Waals surface area (Å²) in [5.41, 5.74) is 0.372. The Labute approximate surface area is 116 Å². The van der Waals surface area contributed by atoms with Crippen molar-refractivity contribution in [3.05, 3.63) is 51.6 Å². The van der Waals surface area contributed by atoms with Crippen LogP contribution in [0.4, 0.5) is 5.69 Å². The molecule has 0 spiro atoms. The van der Waals surface area contributed by atoms with Crippen molar-refractivity contribution in [2.24, 2.45) is 0 Å². The van der Waals surface area contributed by atoms with E-state index in [0.717, 1.165) is 3.97 Å². The summed E-state index contributed by atoms with van der Waals surface area (Å²) in [7, 11) is -3.89. The smallest absolute Gasteiger partial charge is 0.258 e. The minimum absolute atomic E-state index is 0.0483. The maximum atomic E-state index is 12.6. The summed E-state index contributed by atoms with van der Waals surface area (Å²) in [5, 5.41) is 11.0. The highest BCUT2D eigenvalue weighted by Gasteiger charge is 2.27. The van der Waals surface area contributed by atoms with Gasteiger partial charge in [-0.15, -0.1) is 0 Å². The van der Waals surface area contributed by atoms with Gasteiger partial charge < -0.3 is 0 Å². The van der Waals surface area contributed by atoms with Gasteiger partial charge in [0.25, 0.3) is 15.7 Å². The Morgan fingerprint density at radius 3 is 2.40 bits per heavy atom. The molecule has 8 heteroatoms. The number of imidazole rings is 1. The van der Waals surface area contributed by atoms with Crippen LogP contribution >= 0.6 is 0 Å². The van der Waals surface area contributed by atoms with Crippen LogP contribution < -0.4 is 0 Å². The summed E-state index contributed by atoms with van der Waals surface area (Å²) < 4.78 is 26.3. The molecule has 0 N–H and O–H groups in total. The van der Waals surface area contributed by atoms with Gasteiger partial charge in [0, 0.05) is 24.0 Å². The monoisotopic (exact) mass is 295 g/mol. The summed E-state index contributed by atoms with van der Waals surface area (Å²) in [4.78, 5) is 14.2. The Morgan fingerprint density at radius 2 is 1.90 bits per heavy atom. The predicted octanol–water partition coefficient (Wildman–Crippen LogP) is 1.95. The molecule has 1 heterocycles. The minimum Gasteiger partial charge on any atom is -0.258 e. The van der Waals surface area contributed by atoms with Gasteiger partial charge in [-0.1, -0.05) is 6.07 Å². The van der Waals surface area contributed by atoms with Crippen molar-refractivity contribution in [2.45, 2.75) is 25.7 Å². The molecule has 0 aliphatic carbocycles. The van der Waals surface area contributed by atoms with E-state index in [1.165, 1.54) is 31.5 Å². The molecule has 0 aliphatic heterocycles. The second-order valence-corrected chi connectivity index (χ2v) is 6.14. The SMILES string of the molecule is Cc1ccc([N+](=O)[O-])c(C)c1S(=O)(=O)n1ccnc1C. The summed E-state index contributed by atoms with van der Waals surface area (Å²) in [6, 6.07) is 2.74. The van der Waals surface area contributed by atoms with Crippen molar-refractivity contribution in [2.75, 3.05) is 0 Å². The summed E-state index contributed by atoms with van der Waals surface area (Å²) in [5.74, 6) is 0.301. The Hall–Kier alpha value is -2.22. The van der Waals surface area contributed by atoms with Crippen molar-refractivity contribution in [3.8, 4) is 0 Å². The molecule has 0 saturated carbocycles. The number of hydrogen-bond acceptors (Lipinski definition) is 5. The zero-order valence-electron chi connectivity index (χ0n) is 11.2. The molecular formula is C12H13N3O4S. The number of nitro groups is 1. The number of aromatic nitrogens is 2. The number of rotatable bonds is 3. The molecule has 106 valence electrons. The molecule has 1 aromatic carbocycles. The van der Waals surface area contributed by atoms with E-state index in [1.807, 2.05) is 0 Å². The van der Waals surface area contributed by atoms with Gasteiger partial charge in [-0.25, -0.2) is 17.4 Å². The van der Waals surface area contributed by atoms with Gasteiger partial charge in [0.05, 0.1) is 4.92 Å². The topological polar surface area (TPSA) is 95.1 Å². The molecule has 0 amide bonds. The van der Waals surface area contributed by atoms with Gasteiger partial charge >= 0.3 is 0 Å². The fourth-order valence-corrected chi connectivity index (χ4v) is 3.90. The van der Waals surface area contributed by atoms with E-state index >= 15 is 0 Å². The molecule has 0 fully saturated rings. The molecule has 0 unspecified atom stereocenters. The molecule has 0 aliphatic rings. The Bertz CT molecular complexity index is 793. The van der Waals surface area contributed by atoms with Gasteiger partial charge in [0.1, 0.15) is 10.7 Å². The first-order chi connectivity index (χ1) is 9.26. The molecule has 1 aromatic heterocycles. The highest BCUT2D eigenvalue weighted by Crippen LogP contribution is 2.29. The van der Waals surface area contributed by atoms with E-state index in [1.54, 1.807) is 13.8 Å². The lowest BCUT2D eigenvalue weighted by Gasteiger charge is -2.12. The van der Waals surface area contributed by atoms with E-state index in [0.29, 0.717) is 11.4 Å². The second-order valence-electron chi connectivity index (χ2n) is 4.39. The first-order valence-corrected chi connectivity index (χ1v) is 7.21. The predicted molar refractivity (Wildman–Crippen MR) is 72.1 cm³/mol. The molecular weight excluding hydrogens is 282 g/mol. The molecule has 2 aromatic rings.